The molecule has 4 nitrogen and oxygen atoms in total. The molecule has 0 aromatic heterocycles. The van der Waals surface area contributed by atoms with Crippen molar-refractivity contribution in [2.75, 3.05) is 11.9 Å². The van der Waals surface area contributed by atoms with Gasteiger partial charge in [-0.2, -0.15) is 0 Å². The van der Waals surface area contributed by atoms with Gasteiger partial charge in [0.05, 0.1) is 4.92 Å². The Balaban J connectivity index is 2.05. The fraction of sp³-hybridized carbons (Fsp3) is 0.200. The number of anilines is 1. The van der Waals surface area contributed by atoms with E-state index in [0.717, 1.165) is 12.0 Å². The molecule has 0 heterocycles. The summed E-state index contributed by atoms with van der Waals surface area (Å²) in [6.45, 7) is 2.55. The minimum atomic E-state index is -0.349. The van der Waals surface area contributed by atoms with Crippen LogP contribution in [0.2, 0.25) is 0 Å². The van der Waals surface area contributed by atoms with Gasteiger partial charge in [0.2, 0.25) is 0 Å². The third-order valence-electron chi connectivity index (χ3n) is 3.01. The SMILES string of the molecule is Cc1cccc([N+](=O)[O-])c1NCCc1ccccc1. The molecule has 2 aromatic carbocycles. The topological polar surface area (TPSA) is 55.2 Å². The highest BCUT2D eigenvalue weighted by atomic mass is 16.6. The quantitative estimate of drug-likeness (QED) is 0.657. The Morgan fingerprint density at radius 3 is 2.53 bits per heavy atom. The zero-order chi connectivity index (χ0) is 13.7. The van der Waals surface area contributed by atoms with Gasteiger partial charge in [-0.3, -0.25) is 10.1 Å². The van der Waals surface area contributed by atoms with E-state index < -0.39 is 0 Å². The number of nitrogens with one attached hydrogen (secondary N) is 1. The van der Waals surface area contributed by atoms with E-state index in [-0.39, 0.29) is 10.6 Å². The second-order valence-corrected chi connectivity index (χ2v) is 4.39. The predicted molar refractivity (Wildman–Crippen MR) is 76.5 cm³/mol. The second-order valence-electron chi connectivity index (χ2n) is 4.39. The van der Waals surface area contributed by atoms with E-state index in [0.29, 0.717) is 12.2 Å². The Morgan fingerprint density at radius 2 is 1.84 bits per heavy atom. The van der Waals surface area contributed by atoms with Crippen LogP contribution in [-0.2, 0) is 6.42 Å². The summed E-state index contributed by atoms with van der Waals surface area (Å²) >= 11 is 0. The van der Waals surface area contributed by atoms with E-state index in [4.69, 9.17) is 0 Å². The summed E-state index contributed by atoms with van der Waals surface area (Å²) < 4.78 is 0. The predicted octanol–water partition coefficient (Wildman–Crippen LogP) is 3.56. The molecule has 0 radical (unpaired) electrons. The number of nitro groups is 1. The number of nitro benzene ring substituents is 1. The zero-order valence-electron chi connectivity index (χ0n) is 10.8. The van der Waals surface area contributed by atoms with Crippen molar-refractivity contribution in [2.45, 2.75) is 13.3 Å². The summed E-state index contributed by atoms with van der Waals surface area (Å²) in [4.78, 5) is 10.6. The van der Waals surface area contributed by atoms with Crippen LogP contribution in [0, 0.1) is 17.0 Å². The maximum atomic E-state index is 11.0. The smallest absolute Gasteiger partial charge is 0.292 e. The molecule has 19 heavy (non-hydrogen) atoms. The van der Waals surface area contributed by atoms with Crippen molar-refractivity contribution in [3.8, 4) is 0 Å². The average molecular weight is 256 g/mol. The monoisotopic (exact) mass is 256 g/mol. The lowest BCUT2D eigenvalue weighted by atomic mass is 10.1. The number of para-hydroxylation sites is 1. The van der Waals surface area contributed by atoms with Crippen LogP contribution in [0.3, 0.4) is 0 Å². The molecule has 0 saturated carbocycles. The number of nitrogens with zero attached hydrogens (tertiary/aromatic N) is 1. The molecule has 0 aliphatic heterocycles. The van der Waals surface area contributed by atoms with Crippen LogP contribution in [0.25, 0.3) is 0 Å². The van der Waals surface area contributed by atoms with Crippen molar-refractivity contribution in [2.24, 2.45) is 0 Å². The van der Waals surface area contributed by atoms with Crippen LogP contribution in [0.4, 0.5) is 11.4 Å². The Labute approximate surface area is 112 Å². The maximum Gasteiger partial charge on any atom is 0.292 e. The molecule has 98 valence electrons. The number of benzene rings is 2. The van der Waals surface area contributed by atoms with E-state index in [9.17, 15) is 10.1 Å². The van der Waals surface area contributed by atoms with Crippen molar-refractivity contribution in [3.05, 3.63) is 69.8 Å². The van der Waals surface area contributed by atoms with Crippen molar-refractivity contribution in [1.29, 1.82) is 0 Å². The molecule has 4 heteroatoms. The summed E-state index contributed by atoms with van der Waals surface area (Å²) in [5, 5.41) is 14.1. The minimum absolute atomic E-state index is 0.132. The molecule has 0 aliphatic rings. The third kappa shape index (κ3) is 3.31. The summed E-state index contributed by atoms with van der Waals surface area (Å²) in [5.41, 5.74) is 2.85. The molecule has 2 aromatic rings. The van der Waals surface area contributed by atoms with Crippen LogP contribution in [0.15, 0.2) is 48.5 Å². The molecule has 0 saturated heterocycles. The van der Waals surface area contributed by atoms with Gasteiger partial charge >= 0.3 is 0 Å². The summed E-state index contributed by atoms with van der Waals surface area (Å²) in [5.74, 6) is 0. The molecule has 0 bridgehead atoms. The number of rotatable bonds is 5. The van der Waals surface area contributed by atoms with Gasteiger partial charge in [0.25, 0.3) is 5.69 Å². The Morgan fingerprint density at radius 1 is 1.11 bits per heavy atom. The van der Waals surface area contributed by atoms with Gasteiger partial charge < -0.3 is 5.32 Å². The standard InChI is InChI=1S/C15H16N2O2/c1-12-6-5-9-14(17(18)19)15(12)16-11-10-13-7-3-2-4-8-13/h2-9,16H,10-11H2,1H3. The largest absolute Gasteiger partial charge is 0.379 e. The minimum Gasteiger partial charge on any atom is -0.379 e. The average Bonchev–Trinajstić information content (AvgIpc) is 2.41. The van der Waals surface area contributed by atoms with Gasteiger partial charge in [-0.15, -0.1) is 0 Å². The molecule has 0 aliphatic carbocycles. The summed E-state index contributed by atoms with van der Waals surface area (Å²) in [7, 11) is 0. The van der Waals surface area contributed by atoms with Crippen molar-refractivity contribution in [1.82, 2.24) is 0 Å². The molecule has 1 N–H and O–H groups in total. The highest BCUT2D eigenvalue weighted by molar-refractivity contribution is 5.65. The Bertz CT molecular complexity index is 568. The maximum absolute atomic E-state index is 11.0. The van der Waals surface area contributed by atoms with Crippen molar-refractivity contribution in [3.63, 3.8) is 0 Å². The summed E-state index contributed by atoms with van der Waals surface area (Å²) in [6.07, 6.45) is 0.840. The molecular weight excluding hydrogens is 240 g/mol. The first kappa shape index (κ1) is 13.1. The third-order valence-corrected chi connectivity index (χ3v) is 3.01. The van der Waals surface area contributed by atoms with Crippen molar-refractivity contribution < 1.29 is 4.92 Å². The van der Waals surface area contributed by atoms with E-state index in [1.165, 1.54) is 11.6 Å². The van der Waals surface area contributed by atoms with Gasteiger partial charge in [-0.25, -0.2) is 0 Å². The Kier molecular flexibility index (Phi) is 4.13. The van der Waals surface area contributed by atoms with Crippen LogP contribution in [0.1, 0.15) is 11.1 Å². The second kappa shape index (κ2) is 6.00. The molecule has 0 amide bonds. The normalized spacial score (nSPS) is 10.2. The number of aryl methyl sites for hydroxylation is 1. The highest BCUT2D eigenvalue weighted by Gasteiger charge is 2.14. The van der Waals surface area contributed by atoms with Crippen LogP contribution in [0.5, 0.6) is 0 Å². The lowest BCUT2D eigenvalue weighted by Crippen LogP contribution is -2.08. The lowest BCUT2D eigenvalue weighted by Gasteiger charge is -2.09. The van der Waals surface area contributed by atoms with Crippen LogP contribution >= 0.6 is 0 Å². The number of hydrogen-bond donors (Lipinski definition) is 1. The van der Waals surface area contributed by atoms with E-state index >= 15 is 0 Å². The Hall–Kier alpha value is -2.36. The first-order valence-corrected chi connectivity index (χ1v) is 6.20. The summed E-state index contributed by atoms with van der Waals surface area (Å²) in [6, 6.07) is 15.2. The molecule has 0 fully saturated rings. The van der Waals surface area contributed by atoms with Crippen molar-refractivity contribution >= 4 is 11.4 Å². The van der Waals surface area contributed by atoms with E-state index in [1.807, 2.05) is 43.3 Å². The van der Waals surface area contributed by atoms with Gasteiger partial charge in [-0.05, 0) is 24.5 Å². The number of hydrogen-bond acceptors (Lipinski definition) is 3. The molecule has 0 spiro atoms. The fourth-order valence-electron chi connectivity index (χ4n) is 2.01. The first-order valence-electron chi connectivity index (χ1n) is 6.20. The molecule has 2 rings (SSSR count). The van der Waals surface area contributed by atoms with Crippen LogP contribution in [-0.4, -0.2) is 11.5 Å². The molecule has 0 atom stereocenters. The highest BCUT2D eigenvalue weighted by Crippen LogP contribution is 2.27. The first-order chi connectivity index (χ1) is 9.18. The van der Waals surface area contributed by atoms with Crippen LogP contribution < -0.4 is 5.32 Å². The zero-order valence-corrected chi connectivity index (χ0v) is 10.8. The van der Waals surface area contributed by atoms with E-state index in [2.05, 4.69) is 5.32 Å². The van der Waals surface area contributed by atoms with Gasteiger partial charge in [0.15, 0.2) is 0 Å². The fourth-order valence-corrected chi connectivity index (χ4v) is 2.01. The van der Waals surface area contributed by atoms with Gasteiger partial charge in [0, 0.05) is 12.6 Å². The molecular formula is C15H16N2O2. The lowest BCUT2D eigenvalue weighted by molar-refractivity contribution is -0.384. The molecule has 0 unspecified atom stereocenters. The van der Waals surface area contributed by atoms with Gasteiger partial charge in [-0.1, -0.05) is 42.5 Å². The van der Waals surface area contributed by atoms with Gasteiger partial charge in [0.1, 0.15) is 5.69 Å². The van der Waals surface area contributed by atoms with E-state index in [1.54, 1.807) is 6.07 Å².